The van der Waals surface area contributed by atoms with E-state index in [4.69, 9.17) is 13.9 Å². The molecule has 2 aromatic carbocycles. The van der Waals surface area contributed by atoms with Crippen molar-refractivity contribution in [3.63, 3.8) is 0 Å². The molecule has 0 bridgehead atoms. The van der Waals surface area contributed by atoms with Crippen molar-refractivity contribution in [1.29, 1.82) is 0 Å². The lowest BCUT2D eigenvalue weighted by atomic mass is 10.1. The maximum atomic E-state index is 9.92. The molecule has 0 spiro atoms. The van der Waals surface area contributed by atoms with Crippen LogP contribution in [-0.4, -0.2) is 18.3 Å². The Morgan fingerprint density at radius 2 is 1.64 bits per heavy atom. The summed E-state index contributed by atoms with van der Waals surface area (Å²) in [5.41, 5.74) is 3.85. The molecule has 3 rings (SSSR count). The van der Waals surface area contributed by atoms with Gasteiger partial charge in [-0.25, -0.2) is 4.42 Å². The molecule has 3 aromatic rings. The van der Waals surface area contributed by atoms with Crippen molar-refractivity contribution in [2.45, 2.75) is 27.7 Å². The standard InChI is InChI=1S/C21H22O4/c1-5-23-19-12-18(15-7-8-17(22)20(11-15)24-6-2)25-21-14(4)9-13(3)10-16(19)21/h7-12H,5-6H2,1-4H3/p+1. The zero-order chi connectivity index (χ0) is 18.0. The summed E-state index contributed by atoms with van der Waals surface area (Å²) in [6.07, 6.45) is 0. The first-order valence-corrected chi connectivity index (χ1v) is 8.50. The van der Waals surface area contributed by atoms with E-state index >= 15 is 0 Å². The summed E-state index contributed by atoms with van der Waals surface area (Å²) in [6, 6.07) is 11.3. The molecule has 1 aromatic heterocycles. The number of rotatable bonds is 5. The van der Waals surface area contributed by atoms with Crippen molar-refractivity contribution in [3.8, 4) is 28.6 Å². The highest BCUT2D eigenvalue weighted by atomic mass is 16.5. The van der Waals surface area contributed by atoms with E-state index in [-0.39, 0.29) is 5.75 Å². The van der Waals surface area contributed by atoms with Gasteiger partial charge in [0.25, 0.3) is 0 Å². The zero-order valence-corrected chi connectivity index (χ0v) is 15.1. The summed E-state index contributed by atoms with van der Waals surface area (Å²) in [4.78, 5) is 0. The van der Waals surface area contributed by atoms with Crippen LogP contribution in [0.2, 0.25) is 0 Å². The molecule has 0 fully saturated rings. The van der Waals surface area contributed by atoms with E-state index in [1.165, 1.54) is 0 Å². The number of aryl methyl sites for hydroxylation is 2. The summed E-state index contributed by atoms with van der Waals surface area (Å²) >= 11 is 0. The van der Waals surface area contributed by atoms with Gasteiger partial charge in [0, 0.05) is 6.07 Å². The van der Waals surface area contributed by atoms with Gasteiger partial charge in [-0.3, -0.25) is 0 Å². The number of ether oxygens (including phenoxy) is 2. The van der Waals surface area contributed by atoms with E-state index in [1.54, 1.807) is 12.1 Å². The Bertz CT molecular complexity index is 915. The van der Waals surface area contributed by atoms with Crippen LogP contribution in [-0.2, 0) is 0 Å². The smallest absolute Gasteiger partial charge is 0.367 e. The van der Waals surface area contributed by atoms with Crippen molar-refractivity contribution in [3.05, 3.63) is 47.5 Å². The average molecular weight is 339 g/mol. The second-order valence-corrected chi connectivity index (χ2v) is 5.98. The molecule has 0 saturated heterocycles. The molecule has 25 heavy (non-hydrogen) atoms. The summed E-state index contributed by atoms with van der Waals surface area (Å²) in [6.45, 7) is 8.99. The molecule has 0 aliphatic rings. The lowest BCUT2D eigenvalue weighted by Crippen LogP contribution is -1.95. The lowest BCUT2D eigenvalue weighted by molar-refractivity contribution is 0.318. The Morgan fingerprint density at radius 3 is 2.36 bits per heavy atom. The van der Waals surface area contributed by atoms with Crippen LogP contribution >= 0.6 is 0 Å². The lowest BCUT2D eigenvalue weighted by Gasteiger charge is -2.08. The molecule has 0 saturated carbocycles. The van der Waals surface area contributed by atoms with Crippen molar-refractivity contribution in [1.82, 2.24) is 0 Å². The van der Waals surface area contributed by atoms with Crippen LogP contribution in [0.3, 0.4) is 0 Å². The van der Waals surface area contributed by atoms with E-state index < -0.39 is 0 Å². The van der Waals surface area contributed by atoms with Gasteiger partial charge < -0.3 is 14.6 Å². The predicted molar refractivity (Wildman–Crippen MR) is 99.5 cm³/mol. The number of hydrogen-bond acceptors (Lipinski definition) is 3. The van der Waals surface area contributed by atoms with Crippen LogP contribution in [0, 0.1) is 13.8 Å². The second-order valence-electron chi connectivity index (χ2n) is 5.98. The van der Waals surface area contributed by atoms with Crippen LogP contribution in [0.15, 0.2) is 40.8 Å². The topological polar surface area (TPSA) is 50.0 Å². The summed E-state index contributed by atoms with van der Waals surface area (Å²) < 4.78 is 17.5. The first kappa shape index (κ1) is 17.1. The molecule has 0 aliphatic carbocycles. The zero-order valence-electron chi connectivity index (χ0n) is 15.1. The van der Waals surface area contributed by atoms with Gasteiger partial charge in [-0.15, -0.1) is 0 Å². The predicted octanol–water partition coefficient (Wildman–Crippen LogP) is 5.50. The summed E-state index contributed by atoms with van der Waals surface area (Å²) in [5.74, 6) is 2.01. The van der Waals surface area contributed by atoms with Crippen LogP contribution in [0.1, 0.15) is 25.0 Å². The summed E-state index contributed by atoms with van der Waals surface area (Å²) in [5, 5.41) is 10.9. The van der Waals surface area contributed by atoms with Gasteiger partial charge in [-0.1, -0.05) is 0 Å². The van der Waals surface area contributed by atoms with Crippen molar-refractivity contribution in [2.24, 2.45) is 0 Å². The Hall–Kier alpha value is -2.75. The minimum atomic E-state index is 0.114. The van der Waals surface area contributed by atoms with Gasteiger partial charge in [-0.2, -0.15) is 0 Å². The highest BCUT2D eigenvalue weighted by molar-refractivity contribution is 5.88. The van der Waals surface area contributed by atoms with E-state index in [9.17, 15) is 5.11 Å². The molecule has 0 radical (unpaired) electrons. The van der Waals surface area contributed by atoms with Gasteiger partial charge in [-0.05, 0) is 57.5 Å². The number of phenolic OH excluding ortho intramolecular Hbond substituents is 1. The molecule has 4 nitrogen and oxygen atoms in total. The van der Waals surface area contributed by atoms with E-state index in [0.29, 0.717) is 24.7 Å². The highest BCUT2D eigenvalue weighted by Gasteiger charge is 2.23. The first-order valence-electron chi connectivity index (χ1n) is 8.50. The van der Waals surface area contributed by atoms with Gasteiger partial charge in [0.15, 0.2) is 11.5 Å². The largest absolute Gasteiger partial charge is 0.504 e. The van der Waals surface area contributed by atoms with Crippen LogP contribution in [0.25, 0.3) is 22.3 Å². The van der Waals surface area contributed by atoms with Crippen molar-refractivity contribution >= 4 is 11.0 Å². The molecule has 4 heteroatoms. The van der Waals surface area contributed by atoms with E-state index in [2.05, 4.69) is 19.1 Å². The second kappa shape index (κ2) is 7.01. The SMILES string of the molecule is CCOc1cc(-c2cc(OCC)c3cc(C)cc(C)c3[o+]2)ccc1O. The maximum Gasteiger partial charge on any atom is 0.367 e. The number of phenols is 1. The van der Waals surface area contributed by atoms with Crippen LogP contribution < -0.4 is 9.47 Å². The van der Waals surface area contributed by atoms with Crippen LogP contribution in [0.4, 0.5) is 0 Å². The molecular weight excluding hydrogens is 316 g/mol. The molecule has 0 amide bonds. The van der Waals surface area contributed by atoms with Crippen molar-refractivity contribution in [2.75, 3.05) is 13.2 Å². The van der Waals surface area contributed by atoms with Crippen LogP contribution in [0.5, 0.6) is 17.2 Å². The number of fused-ring (bicyclic) bond motifs is 1. The molecule has 0 atom stereocenters. The van der Waals surface area contributed by atoms with Gasteiger partial charge in [0.2, 0.25) is 0 Å². The minimum absolute atomic E-state index is 0.114. The minimum Gasteiger partial charge on any atom is -0.504 e. The monoisotopic (exact) mass is 339 g/mol. The van der Waals surface area contributed by atoms with E-state index in [0.717, 1.165) is 33.4 Å². The molecule has 1 heterocycles. The van der Waals surface area contributed by atoms with E-state index in [1.807, 2.05) is 32.9 Å². The highest BCUT2D eigenvalue weighted by Crippen LogP contribution is 2.37. The fourth-order valence-electron chi connectivity index (χ4n) is 2.96. The molecule has 130 valence electrons. The first-order chi connectivity index (χ1) is 12.0. The third-order valence-corrected chi connectivity index (χ3v) is 4.00. The van der Waals surface area contributed by atoms with Crippen molar-refractivity contribution < 1.29 is 19.0 Å². The van der Waals surface area contributed by atoms with Gasteiger partial charge in [0.05, 0.1) is 30.4 Å². The number of aromatic hydroxyl groups is 1. The fraction of sp³-hybridized carbons (Fsp3) is 0.286. The molecule has 1 N–H and O–H groups in total. The van der Waals surface area contributed by atoms with Gasteiger partial charge >= 0.3 is 11.3 Å². The Morgan fingerprint density at radius 1 is 0.920 bits per heavy atom. The third kappa shape index (κ3) is 3.38. The number of hydrogen-bond donors (Lipinski definition) is 1. The fourth-order valence-corrected chi connectivity index (χ4v) is 2.96. The van der Waals surface area contributed by atoms with Gasteiger partial charge in [0.1, 0.15) is 11.1 Å². The Kier molecular flexibility index (Phi) is 4.79. The third-order valence-electron chi connectivity index (χ3n) is 4.00. The maximum absolute atomic E-state index is 9.92. The normalized spacial score (nSPS) is 10.9. The summed E-state index contributed by atoms with van der Waals surface area (Å²) in [7, 11) is 0. The molecule has 0 unspecified atom stereocenters. The average Bonchev–Trinajstić information content (AvgIpc) is 2.58. The Balaban J connectivity index is 2.21. The number of benzene rings is 2. The quantitative estimate of drug-likeness (QED) is 0.624. The molecular formula is C21H23O4+. The molecule has 0 aliphatic heterocycles. The Labute approximate surface area is 147 Å².